The zero-order valence-corrected chi connectivity index (χ0v) is 17.1. The number of carbonyl (C=O) groups excluding carboxylic acids is 2. The SMILES string of the molecule is CCN(CC(=O)Nc1ccc(OC)cc1)CC(=O)c1cc(C)n(C2CC2)c1C. The highest BCUT2D eigenvalue weighted by molar-refractivity contribution is 5.99. The lowest BCUT2D eigenvalue weighted by atomic mass is 10.1. The molecule has 0 radical (unpaired) electrons. The Morgan fingerprint density at radius 1 is 1.18 bits per heavy atom. The molecule has 0 saturated heterocycles. The summed E-state index contributed by atoms with van der Waals surface area (Å²) in [6.07, 6.45) is 2.38. The van der Waals surface area contributed by atoms with E-state index in [0.717, 1.165) is 22.7 Å². The number of aromatic nitrogens is 1. The van der Waals surface area contributed by atoms with Crippen molar-refractivity contribution >= 4 is 17.4 Å². The van der Waals surface area contributed by atoms with Crippen molar-refractivity contribution < 1.29 is 14.3 Å². The molecule has 1 aromatic heterocycles. The predicted molar refractivity (Wildman–Crippen MR) is 110 cm³/mol. The Bertz CT molecular complexity index is 851. The van der Waals surface area contributed by atoms with E-state index in [1.807, 2.05) is 24.8 Å². The van der Waals surface area contributed by atoms with Gasteiger partial charge in [-0.15, -0.1) is 0 Å². The molecule has 6 nitrogen and oxygen atoms in total. The Kier molecular flexibility index (Phi) is 6.19. The summed E-state index contributed by atoms with van der Waals surface area (Å²) in [7, 11) is 1.60. The van der Waals surface area contributed by atoms with Gasteiger partial charge in [-0.1, -0.05) is 6.92 Å². The highest BCUT2D eigenvalue weighted by atomic mass is 16.5. The average Bonchev–Trinajstić information content (AvgIpc) is 3.46. The summed E-state index contributed by atoms with van der Waals surface area (Å²) < 4.78 is 7.40. The third-order valence-electron chi connectivity index (χ3n) is 5.25. The van der Waals surface area contributed by atoms with Crippen LogP contribution in [0, 0.1) is 13.8 Å². The summed E-state index contributed by atoms with van der Waals surface area (Å²) in [6, 6.07) is 9.73. The molecule has 0 bridgehead atoms. The summed E-state index contributed by atoms with van der Waals surface area (Å²) in [5.41, 5.74) is 3.67. The third-order valence-corrected chi connectivity index (χ3v) is 5.25. The molecule has 150 valence electrons. The lowest BCUT2D eigenvalue weighted by Gasteiger charge is -2.19. The fourth-order valence-electron chi connectivity index (χ4n) is 3.60. The van der Waals surface area contributed by atoms with Crippen molar-refractivity contribution in [2.45, 2.75) is 39.7 Å². The van der Waals surface area contributed by atoms with Gasteiger partial charge in [-0.25, -0.2) is 0 Å². The molecule has 2 aromatic rings. The topological polar surface area (TPSA) is 63.6 Å². The van der Waals surface area contributed by atoms with Crippen LogP contribution >= 0.6 is 0 Å². The molecule has 0 atom stereocenters. The van der Waals surface area contributed by atoms with E-state index in [-0.39, 0.29) is 24.8 Å². The van der Waals surface area contributed by atoms with Gasteiger partial charge in [0.05, 0.1) is 20.2 Å². The van der Waals surface area contributed by atoms with Crippen molar-refractivity contribution in [3.8, 4) is 5.75 Å². The van der Waals surface area contributed by atoms with Gasteiger partial charge in [-0.05, 0) is 63.6 Å². The molecule has 6 heteroatoms. The fraction of sp³-hybridized carbons (Fsp3) is 0.455. The summed E-state index contributed by atoms with van der Waals surface area (Å²) >= 11 is 0. The number of Topliss-reactive ketones (excluding diaryl/α,β-unsaturated/α-hetero) is 1. The molecule has 1 aromatic carbocycles. The number of hydrogen-bond acceptors (Lipinski definition) is 4. The van der Waals surface area contributed by atoms with E-state index in [2.05, 4.69) is 16.8 Å². The molecule has 1 aliphatic rings. The second kappa shape index (κ2) is 8.61. The number of amides is 1. The number of ether oxygens (including phenoxy) is 1. The Hall–Kier alpha value is -2.60. The molecule has 0 unspecified atom stereocenters. The molecule has 0 aliphatic heterocycles. The number of carbonyl (C=O) groups is 2. The molecule has 3 rings (SSSR count). The van der Waals surface area contributed by atoms with Crippen molar-refractivity contribution in [1.82, 2.24) is 9.47 Å². The standard InChI is InChI=1S/C22H29N3O3/c1-5-24(14-22(27)23-17-6-10-19(28-4)11-7-17)13-21(26)20-12-15(2)25(16(20)3)18-8-9-18/h6-7,10-12,18H,5,8-9,13-14H2,1-4H3,(H,23,27). The highest BCUT2D eigenvalue weighted by Gasteiger charge is 2.28. The van der Waals surface area contributed by atoms with Crippen LogP contribution in [0.2, 0.25) is 0 Å². The van der Waals surface area contributed by atoms with Crippen LogP contribution in [-0.2, 0) is 4.79 Å². The third kappa shape index (κ3) is 4.62. The largest absolute Gasteiger partial charge is 0.497 e. The van der Waals surface area contributed by atoms with Crippen LogP contribution < -0.4 is 10.1 Å². The first kappa shape index (κ1) is 20.1. The van der Waals surface area contributed by atoms with Gasteiger partial charge >= 0.3 is 0 Å². The molecule has 1 fully saturated rings. The van der Waals surface area contributed by atoms with E-state index < -0.39 is 0 Å². The molecule has 0 spiro atoms. The zero-order chi connectivity index (χ0) is 20.3. The Morgan fingerprint density at radius 3 is 2.43 bits per heavy atom. The van der Waals surface area contributed by atoms with Gasteiger partial charge in [0, 0.05) is 28.7 Å². The van der Waals surface area contributed by atoms with Crippen LogP contribution in [0.5, 0.6) is 5.75 Å². The van der Waals surface area contributed by atoms with Crippen molar-refractivity contribution in [3.63, 3.8) is 0 Å². The first-order valence-electron chi connectivity index (χ1n) is 9.80. The van der Waals surface area contributed by atoms with Crippen molar-refractivity contribution in [1.29, 1.82) is 0 Å². The summed E-state index contributed by atoms with van der Waals surface area (Å²) in [5.74, 6) is 0.671. The molecule has 1 aliphatic carbocycles. The number of ketones is 1. The predicted octanol–water partition coefficient (Wildman–Crippen LogP) is 3.59. The van der Waals surface area contributed by atoms with Crippen LogP contribution in [0.3, 0.4) is 0 Å². The van der Waals surface area contributed by atoms with Gasteiger partial charge in [-0.2, -0.15) is 0 Å². The van der Waals surface area contributed by atoms with E-state index in [4.69, 9.17) is 4.74 Å². The minimum absolute atomic E-state index is 0.0686. The van der Waals surface area contributed by atoms with Crippen molar-refractivity contribution in [3.05, 3.63) is 47.3 Å². The zero-order valence-electron chi connectivity index (χ0n) is 17.1. The Morgan fingerprint density at radius 2 is 1.86 bits per heavy atom. The first-order valence-corrected chi connectivity index (χ1v) is 9.80. The van der Waals surface area contributed by atoms with Crippen LogP contribution in [0.15, 0.2) is 30.3 Å². The molecular formula is C22H29N3O3. The maximum absolute atomic E-state index is 12.9. The quantitative estimate of drug-likeness (QED) is 0.672. The summed E-state index contributed by atoms with van der Waals surface area (Å²) in [5, 5.41) is 2.87. The number of rotatable bonds is 9. The number of anilines is 1. The van der Waals surface area contributed by atoms with Gasteiger partial charge < -0.3 is 14.6 Å². The number of hydrogen-bond donors (Lipinski definition) is 1. The van der Waals surface area contributed by atoms with E-state index >= 15 is 0 Å². The monoisotopic (exact) mass is 383 g/mol. The normalized spacial score (nSPS) is 13.6. The Labute approximate surface area is 166 Å². The smallest absolute Gasteiger partial charge is 0.238 e. The lowest BCUT2D eigenvalue weighted by Crippen LogP contribution is -2.37. The molecule has 1 heterocycles. The summed E-state index contributed by atoms with van der Waals surface area (Å²) in [4.78, 5) is 27.1. The molecule has 1 amide bonds. The average molecular weight is 383 g/mol. The minimum Gasteiger partial charge on any atom is -0.497 e. The second-order valence-corrected chi connectivity index (χ2v) is 7.39. The van der Waals surface area contributed by atoms with Gasteiger partial charge in [0.2, 0.25) is 5.91 Å². The molecular weight excluding hydrogens is 354 g/mol. The van der Waals surface area contributed by atoms with Crippen LogP contribution in [0.1, 0.15) is 47.6 Å². The van der Waals surface area contributed by atoms with E-state index in [0.29, 0.717) is 18.3 Å². The molecule has 28 heavy (non-hydrogen) atoms. The van der Waals surface area contributed by atoms with Gasteiger partial charge in [-0.3, -0.25) is 14.5 Å². The maximum atomic E-state index is 12.9. The lowest BCUT2D eigenvalue weighted by molar-refractivity contribution is -0.117. The number of benzene rings is 1. The first-order chi connectivity index (χ1) is 13.4. The minimum atomic E-state index is -0.136. The van der Waals surface area contributed by atoms with E-state index in [9.17, 15) is 9.59 Å². The van der Waals surface area contributed by atoms with E-state index in [1.54, 1.807) is 31.4 Å². The van der Waals surface area contributed by atoms with Gasteiger partial charge in [0.15, 0.2) is 5.78 Å². The maximum Gasteiger partial charge on any atom is 0.238 e. The molecule has 1 N–H and O–H groups in total. The van der Waals surface area contributed by atoms with Crippen LogP contribution in [0.4, 0.5) is 5.69 Å². The second-order valence-electron chi connectivity index (χ2n) is 7.39. The van der Waals surface area contributed by atoms with Crippen molar-refractivity contribution in [2.75, 3.05) is 32.1 Å². The number of nitrogens with one attached hydrogen (secondary N) is 1. The highest BCUT2D eigenvalue weighted by Crippen LogP contribution is 2.38. The summed E-state index contributed by atoms with van der Waals surface area (Å²) in [6.45, 7) is 7.08. The van der Waals surface area contributed by atoms with Crippen molar-refractivity contribution in [2.24, 2.45) is 0 Å². The number of nitrogens with zero attached hydrogens (tertiary/aromatic N) is 2. The Balaban J connectivity index is 1.59. The number of likely N-dealkylation sites (N-methyl/N-ethyl adjacent to an activating group) is 1. The van der Waals surface area contributed by atoms with Crippen LogP contribution in [-0.4, -0.2) is 47.9 Å². The van der Waals surface area contributed by atoms with E-state index in [1.165, 1.54) is 12.8 Å². The fourth-order valence-corrected chi connectivity index (χ4v) is 3.60. The number of aryl methyl sites for hydroxylation is 1. The molecule has 1 saturated carbocycles. The van der Waals surface area contributed by atoms with Gasteiger partial charge in [0.1, 0.15) is 5.75 Å². The number of methoxy groups -OCH3 is 1. The van der Waals surface area contributed by atoms with Gasteiger partial charge in [0.25, 0.3) is 0 Å². The van der Waals surface area contributed by atoms with Crippen LogP contribution in [0.25, 0.3) is 0 Å².